The maximum atomic E-state index is 13.1. The molecule has 0 saturated heterocycles. The van der Waals surface area contributed by atoms with Crippen molar-refractivity contribution in [2.24, 2.45) is 5.41 Å². The van der Waals surface area contributed by atoms with Crippen molar-refractivity contribution in [2.45, 2.75) is 34.1 Å². The number of esters is 1. The van der Waals surface area contributed by atoms with Crippen molar-refractivity contribution in [3.8, 4) is 5.75 Å². The molecule has 6 heteroatoms. The van der Waals surface area contributed by atoms with E-state index < -0.39 is 17.3 Å². The normalized spacial score (nSPS) is 13.9. The SMILES string of the molecule is CC1=C(CC(C)(C)C(=O)Oc2ccc(C=CC(=O)c3ccc(C)cc3)cc2)C(=O)N(c2ccccc2)C1=O. The fraction of sp³-hybridized carbons (Fsp3) is 0.188. The molecule has 1 aliphatic rings. The highest BCUT2D eigenvalue weighted by Gasteiger charge is 2.41. The van der Waals surface area contributed by atoms with Crippen LogP contribution >= 0.6 is 0 Å². The number of nitrogens with zero attached hydrogens (tertiary/aromatic N) is 1. The second-order valence-electron chi connectivity index (χ2n) is 9.97. The number of anilines is 1. The Morgan fingerprint density at radius 1 is 0.842 bits per heavy atom. The topological polar surface area (TPSA) is 80.8 Å². The largest absolute Gasteiger partial charge is 0.426 e. The summed E-state index contributed by atoms with van der Waals surface area (Å²) in [5.41, 5.74) is 2.55. The van der Waals surface area contributed by atoms with Gasteiger partial charge in [0.05, 0.1) is 11.1 Å². The Morgan fingerprint density at radius 2 is 1.47 bits per heavy atom. The molecule has 1 aliphatic heterocycles. The average molecular weight is 508 g/mol. The van der Waals surface area contributed by atoms with E-state index in [4.69, 9.17) is 4.74 Å². The number of para-hydroxylation sites is 1. The zero-order chi connectivity index (χ0) is 27.4. The van der Waals surface area contributed by atoms with Gasteiger partial charge in [-0.3, -0.25) is 19.2 Å². The molecule has 38 heavy (non-hydrogen) atoms. The first-order valence-corrected chi connectivity index (χ1v) is 12.3. The molecule has 0 bridgehead atoms. The Bertz CT molecular complexity index is 1450. The Hall–Kier alpha value is -4.58. The predicted molar refractivity (Wildman–Crippen MR) is 147 cm³/mol. The van der Waals surface area contributed by atoms with E-state index in [2.05, 4.69) is 0 Å². The Kier molecular flexibility index (Phi) is 7.53. The number of allylic oxidation sites excluding steroid dienone is 1. The van der Waals surface area contributed by atoms with Crippen LogP contribution in [0.3, 0.4) is 0 Å². The van der Waals surface area contributed by atoms with E-state index in [0.717, 1.165) is 16.0 Å². The van der Waals surface area contributed by atoms with E-state index in [9.17, 15) is 19.2 Å². The molecule has 6 nitrogen and oxygen atoms in total. The molecule has 0 aliphatic carbocycles. The summed E-state index contributed by atoms with van der Waals surface area (Å²) in [5.74, 6) is -1.08. The second-order valence-corrected chi connectivity index (χ2v) is 9.97. The van der Waals surface area contributed by atoms with Gasteiger partial charge < -0.3 is 4.74 Å². The highest BCUT2D eigenvalue weighted by molar-refractivity contribution is 6.32. The van der Waals surface area contributed by atoms with Crippen LogP contribution in [0.4, 0.5) is 5.69 Å². The van der Waals surface area contributed by atoms with Crippen molar-refractivity contribution in [3.63, 3.8) is 0 Å². The van der Waals surface area contributed by atoms with E-state index >= 15 is 0 Å². The summed E-state index contributed by atoms with van der Waals surface area (Å²) in [7, 11) is 0. The van der Waals surface area contributed by atoms with E-state index in [0.29, 0.717) is 28.1 Å². The highest BCUT2D eigenvalue weighted by atomic mass is 16.5. The zero-order valence-electron chi connectivity index (χ0n) is 21.9. The van der Waals surface area contributed by atoms with Gasteiger partial charge in [0, 0.05) is 16.7 Å². The van der Waals surface area contributed by atoms with Gasteiger partial charge in [0.25, 0.3) is 11.8 Å². The van der Waals surface area contributed by atoms with Gasteiger partial charge >= 0.3 is 5.97 Å². The van der Waals surface area contributed by atoms with E-state index in [1.807, 2.05) is 25.1 Å². The Morgan fingerprint density at radius 3 is 2.11 bits per heavy atom. The van der Waals surface area contributed by atoms with E-state index in [1.165, 1.54) is 6.08 Å². The van der Waals surface area contributed by atoms with Gasteiger partial charge in [-0.25, -0.2) is 4.90 Å². The smallest absolute Gasteiger partial charge is 0.317 e. The molecular weight excluding hydrogens is 478 g/mol. The van der Waals surface area contributed by atoms with Crippen LogP contribution in [0.25, 0.3) is 6.08 Å². The number of carbonyl (C=O) groups excluding carboxylic acids is 4. The molecular formula is C32H29NO5. The van der Waals surface area contributed by atoms with Crippen LogP contribution in [0.15, 0.2) is 96.1 Å². The number of aryl methyl sites for hydroxylation is 1. The molecule has 0 radical (unpaired) electrons. The first-order chi connectivity index (χ1) is 18.1. The first kappa shape index (κ1) is 26.5. The number of imide groups is 1. The van der Waals surface area contributed by atoms with Crippen molar-refractivity contribution in [1.29, 1.82) is 0 Å². The molecule has 192 valence electrons. The van der Waals surface area contributed by atoms with Crippen LogP contribution < -0.4 is 9.64 Å². The predicted octanol–water partition coefficient (Wildman–Crippen LogP) is 6.10. The lowest BCUT2D eigenvalue weighted by atomic mass is 9.84. The van der Waals surface area contributed by atoms with Crippen LogP contribution in [0.5, 0.6) is 5.75 Å². The third-order valence-electron chi connectivity index (χ3n) is 6.48. The summed E-state index contributed by atoms with van der Waals surface area (Å²) < 4.78 is 5.60. The Balaban J connectivity index is 1.40. The molecule has 4 rings (SSSR count). The fourth-order valence-electron chi connectivity index (χ4n) is 4.10. The van der Waals surface area contributed by atoms with E-state index in [1.54, 1.807) is 87.5 Å². The number of hydrogen-bond donors (Lipinski definition) is 0. The summed E-state index contributed by atoms with van der Waals surface area (Å²) >= 11 is 0. The van der Waals surface area contributed by atoms with Gasteiger partial charge in [0.2, 0.25) is 0 Å². The number of benzene rings is 3. The number of carbonyl (C=O) groups is 4. The van der Waals surface area contributed by atoms with Crippen molar-refractivity contribution < 1.29 is 23.9 Å². The molecule has 2 amide bonds. The maximum absolute atomic E-state index is 13.1. The number of ether oxygens (including phenoxy) is 1. The summed E-state index contributed by atoms with van der Waals surface area (Å²) in [6.07, 6.45) is 3.27. The maximum Gasteiger partial charge on any atom is 0.317 e. The summed E-state index contributed by atoms with van der Waals surface area (Å²) in [5, 5.41) is 0. The van der Waals surface area contributed by atoms with E-state index in [-0.39, 0.29) is 18.1 Å². The minimum absolute atomic E-state index is 0.0630. The van der Waals surface area contributed by atoms with Crippen LogP contribution in [-0.4, -0.2) is 23.6 Å². The molecule has 3 aromatic rings. The molecule has 0 N–H and O–H groups in total. The third kappa shape index (κ3) is 5.70. The van der Waals surface area contributed by atoms with Gasteiger partial charge in [-0.05, 0) is 70.0 Å². The lowest BCUT2D eigenvalue weighted by molar-refractivity contribution is -0.144. The van der Waals surface area contributed by atoms with Gasteiger partial charge in [0.1, 0.15) is 5.75 Å². The molecule has 0 spiro atoms. The molecule has 0 fully saturated rings. The molecule has 0 atom stereocenters. The average Bonchev–Trinajstić information content (AvgIpc) is 3.11. The minimum Gasteiger partial charge on any atom is -0.426 e. The molecule has 0 unspecified atom stereocenters. The first-order valence-electron chi connectivity index (χ1n) is 12.3. The molecule has 0 aromatic heterocycles. The molecule has 3 aromatic carbocycles. The van der Waals surface area contributed by atoms with Crippen LogP contribution in [0.1, 0.15) is 48.7 Å². The van der Waals surface area contributed by atoms with Crippen molar-refractivity contribution in [1.82, 2.24) is 0 Å². The lowest BCUT2D eigenvalue weighted by Crippen LogP contribution is -2.34. The monoisotopic (exact) mass is 507 g/mol. The van der Waals surface area contributed by atoms with Crippen LogP contribution in [0.2, 0.25) is 0 Å². The number of amides is 2. The van der Waals surface area contributed by atoms with Crippen molar-refractivity contribution >= 4 is 35.3 Å². The fourth-order valence-corrected chi connectivity index (χ4v) is 4.10. The standard InChI is InChI=1S/C32H29NO5/c1-21-10-15-24(16-11-21)28(34)19-14-23-12-17-26(18-13-23)38-31(37)32(3,4)20-27-22(2)29(35)33(30(27)36)25-8-6-5-7-9-25/h5-19H,20H2,1-4H3. The van der Waals surface area contributed by atoms with Gasteiger partial charge in [-0.15, -0.1) is 0 Å². The van der Waals surface area contributed by atoms with Gasteiger partial charge in [0.15, 0.2) is 5.78 Å². The van der Waals surface area contributed by atoms with Crippen LogP contribution in [0, 0.1) is 12.3 Å². The molecule has 1 heterocycles. The Labute approximate surface area is 222 Å². The van der Waals surface area contributed by atoms with Crippen molar-refractivity contribution in [2.75, 3.05) is 4.90 Å². The van der Waals surface area contributed by atoms with Gasteiger partial charge in [-0.1, -0.05) is 66.2 Å². The number of rotatable bonds is 8. The van der Waals surface area contributed by atoms with Crippen LogP contribution in [-0.2, 0) is 14.4 Å². The third-order valence-corrected chi connectivity index (χ3v) is 6.48. The lowest BCUT2D eigenvalue weighted by Gasteiger charge is -2.23. The molecule has 0 saturated carbocycles. The summed E-state index contributed by atoms with van der Waals surface area (Å²) in [4.78, 5) is 52.4. The second kappa shape index (κ2) is 10.8. The minimum atomic E-state index is -1.06. The highest BCUT2D eigenvalue weighted by Crippen LogP contribution is 2.35. The summed E-state index contributed by atoms with van der Waals surface area (Å²) in [6.45, 7) is 6.95. The summed E-state index contributed by atoms with van der Waals surface area (Å²) in [6, 6.07) is 22.9. The van der Waals surface area contributed by atoms with Crippen molar-refractivity contribution in [3.05, 3.63) is 113 Å². The van der Waals surface area contributed by atoms with Gasteiger partial charge in [-0.2, -0.15) is 0 Å². The quantitative estimate of drug-likeness (QED) is 0.121. The number of ketones is 1. The zero-order valence-corrected chi connectivity index (χ0v) is 21.9. The number of hydrogen-bond acceptors (Lipinski definition) is 5.